The summed E-state index contributed by atoms with van der Waals surface area (Å²) in [6.45, 7) is 7.84. The molecule has 0 heterocycles. The molecule has 0 bridgehead atoms. The van der Waals surface area contributed by atoms with Crippen LogP contribution in [0.3, 0.4) is 0 Å². The number of hydrogen-bond acceptors (Lipinski definition) is 7. The van der Waals surface area contributed by atoms with Crippen LogP contribution in [0, 0.1) is 0 Å². The van der Waals surface area contributed by atoms with E-state index in [9.17, 15) is 4.57 Å². The average Bonchev–Trinajstić information content (AvgIpc) is 3.28. The summed E-state index contributed by atoms with van der Waals surface area (Å²) in [6, 6.07) is 0. The normalized spacial score (nSPS) is 12.0. The Balaban J connectivity index is 4.08. The zero-order valence-electron chi connectivity index (χ0n) is 42.4. The van der Waals surface area contributed by atoms with E-state index in [1.807, 2.05) is 0 Å². The minimum atomic E-state index is -4.16. The van der Waals surface area contributed by atoms with Crippen LogP contribution in [-0.4, -0.2) is 19.8 Å². The standard InChI is InChI=1S/C54H111O7P/c1-4-7-10-13-16-19-22-25-28-31-34-37-40-43-46-49-52-56-59-62(55,60-57-53-50-47-44-41-38-35-32-29-26-23-20-17-14-11-8-5-2)61-58-54-51-48-45-42-39-36-33-30-27-24-21-18-15-12-9-6-3/h4-54H2,1-3H3. The molecule has 0 aliphatic rings. The van der Waals surface area contributed by atoms with Crippen LogP contribution in [0.1, 0.15) is 329 Å². The SMILES string of the molecule is CCCCCCCCCCCCCCCCCCOOP(=O)(OOCCCCCCCCCCCCCCCCCC)OOCCCCCCCCCCCCCCCCCC. The molecule has 0 spiro atoms. The lowest BCUT2D eigenvalue weighted by Gasteiger charge is -2.15. The minimum absolute atomic E-state index is 0.327. The van der Waals surface area contributed by atoms with E-state index >= 15 is 0 Å². The predicted molar refractivity (Wildman–Crippen MR) is 267 cm³/mol. The fourth-order valence-electron chi connectivity index (χ4n) is 8.47. The highest BCUT2D eigenvalue weighted by molar-refractivity contribution is 7.48. The highest BCUT2D eigenvalue weighted by atomic mass is 31.2. The van der Waals surface area contributed by atoms with Crippen LogP contribution in [0.2, 0.25) is 0 Å². The van der Waals surface area contributed by atoms with E-state index < -0.39 is 7.82 Å². The summed E-state index contributed by atoms with van der Waals surface area (Å²) in [5.41, 5.74) is 0. The summed E-state index contributed by atoms with van der Waals surface area (Å²) in [5, 5.41) is 0. The van der Waals surface area contributed by atoms with Crippen LogP contribution in [0.25, 0.3) is 0 Å². The summed E-state index contributed by atoms with van der Waals surface area (Å²) in [7, 11) is -4.16. The Morgan fingerprint density at radius 1 is 0.210 bits per heavy atom. The Hall–Kier alpha value is -0.0100. The van der Waals surface area contributed by atoms with Crippen molar-refractivity contribution in [3.05, 3.63) is 0 Å². The number of phosphoric acid groups is 1. The third-order valence-electron chi connectivity index (χ3n) is 12.7. The topological polar surface area (TPSA) is 72.5 Å². The second kappa shape index (κ2) is 55.3. The van der Waals surface area contributed by atoms with E-state index in [-0.39, 0.29) is 0 Å². The average molecular weight is 903 g/mol. The molecule has 0 unspecified atom stereocenters. The molecule has 0 atom stereocenters. The summed E-state index contributed by atoms with van der Waals surface area (Å²) < 4.78 is 28.8. The van der Waals surface area contributed by atoms with Gasteiger partial charge in [0.2, 0.25) is 0 Å². The minimum Gasteiger partial charge on any atom is -0.226 e. The van der Waals surface area contributed by atoms with Gasteiger partial charge in [0.1, 0.15) is 0 Å². The van der Waals surface area contributed by atoms with Crippen molar-refractivity contribution in [2.24, 2.45) is 0 Å². The van der Waals surface area contributed by atoms with Crippen molar-refractivity contribution in [2.45, 2.75) is 329 Å². The Labute approximate surface area is 388 Å². The summed E-state index contributed by atoms with van der Waals surface area (Å²) in [6.07, 6.45) is 62.8. The fraction of sp³-hybridized carbons (Fsp3) is 1.00. The zero-order chi connectivity index (χ0) is 44.8. The summed E-state index contributed by atoms with van der Waals surface area (Å²) >= 11 is 0. The monoisotopic (exact) mass is 903 g/mol. The van der Waals surface area contributed by atoms with Crippen LogP contribution >= 0.6 is 7.82 Å². The van der Waals surface area contributed by atoms with Crippen molar-refractivity contribution in [1.82, 2.24) is 0 Å². The number of unbranched alkanes of at least 4 members (excludes halogenated alkanes) is 45. The molecular weight excluding hydrogens is 792 g/mol. The van der Waals surface area contributed by atoms with E-state index in [1.165, 1.54) is 270 Å². The van der Waals surface area contributed by atoms with Gasteiger partial charge in [-0.15, -0.1) is 14.0 Å². The first-order valence-corrected chi connectivity index (χ1v) is 29.7. The Morgan fingerprint density at radius 3 is 0.484 bits per heavy atom. The molecule has 0 aliphatic carbocycles. The van der Waals surface area contributed by atoms with Gasteiger partial charge in [0, 0.05) is 0 Å². The third-order valence-corrected chi connectivity index (χ3v) is 13.5. The van der Waals surface area contributed by atoms with Crippen LogP contribution < -0.4 is 0 Å². The van der Waals surface area contributed by atoms with E-state index in [0.717, 1.165) is 38.5 Å². The molecule has 62 heavy (non-hydrogen) atoms. The molecule has 374 valence electrons. The lowest BCUT2D eigenvalue weighted by atomic mass is 10.0. The Morgan fingerprint density at radius 2 is 0.339 bits per heavy atom. The van der Waals surface area contributed by atoms with E-state index in [2.05, 4.69) is 20.8 Å². The molecule has 0 aromatic rings. The third kappa shape index (κ3) is 52.6. The Bertz CT molecular complexity index is 741. The van der Waals surface area contributed by atoms with Crippen molar-refractivity contribution in [1.29, 1.82) is 0 Å². The lowest BCUT2D eigenvalue weighted by molar-refractivity contribution is -0.325. The van der Waals surface area contributed by atoms with E-state index in [0.29, 0.717) is 19.8 Å². The molecule has 0 aromatic heterocycles. The first-order chi connectivity index (χ1) is 30.7. The predicted octanol–water partition coefficient (Wildman–Crippen LogP) is 20.7. The van der Waals surface area contributed by atoms with Crippen molar-refractivity contribution < 1.29 is 33.3 Å². The molecule has 0 aromatic carbocycles. The largest absolute Gasteiger partial charge is 0.556 e. The quantitative estimate of drug-likeness (QED) is 0.0261. The molecule has 0 rings (SSSR count). The van der Waals surface area contributed by atoms with Crippen LogP contribution in [0.15, 0.2) is 0 Å². The maximum atomic E-state index is 13.3. The fourth-order valence-corrected chi connectivity index (χ4v) is 9.16. The van der Waals surface area contributed by atoms with Crippen molar-refractivity contribution in [3.63, 3.8) is 0 Å². The van der Waals surface area contributed by atoms with Gasteiger partial charge in [0.25, 0.3) is 0 Å². The molecule has 0 aliphatic heterocycles. The number of hydrogen-bond donors (Lipinski definition) is 0. The van der Waals surface area contributed by atoms with Crippen molar-refractivity contribution >= 4 is 7.82 Å². The van der Waals surface area contributed by atoms with Crippen LogP contribution in [0.5, 0.6) is 0 Å². The molecule has 0 saturated carbocycles. The van der Waals surface area contributed by atoms with Gasteiger partial charge >= 0.3 is 7.82 Å². The number of rotatable bonds is 57. The summed E-state index contributed by atoms with van der Waals surface area (Å²) in [5.74, 6) is 0. The smallest absolute Gasteiger partial charge is 0.226 e. The van der Waals surface area contributed by atoms with Crippen molar-refractivity contribution in [3.8, 4) is 0 Å². The molecule has 8 heteroatoms. The van der Waals surface area contributed by atoms with Gasteiger partial charge in [-0.2, -0.15) is 0 Å². The summed E-state index contributed by atoms with van der Waals surface area (Å²) in [4.78, 5) is 16.0. The van der Waals surface area contributed by atoms with Gasteiger partial charge in [-0.05, 0) is 19.3 Å². The molecule has 7 nitrogen and oxygen atoms in total. The molecule has 0 radical (unpaired) electrons. The van der Waals surface area contributed by atoms with Gasteiger partial charge in [-0.1, -0.05) is 310 Å². The highest BCUT2D eigenvalue weighted by Crippen LogP contribution is 2.50. The first-order valence-electron chi connectivity index (χ1n) is 28.2. The van der Waals surface area contributed by atoms with Gasteiger partial charge in [-0.3, -0.25) is 0 Å². The second-order valence-corrected chi connectivity index (χ2v) is 20.4. The van der Waals surface area contributed by atoms with Gasteiger partial charge < -0.3 is 0 Å². The van der Waals surface area contributed by atoms with Gasteiger partial charge in [-0.25, -0.2) is 19.2 Å². The molecule has 0 N–H and O–H groups in total. The van der Waals surface area contributed by atoms with Gasteiger partial charge in [0.05, 0.1) is 19.8 Å². The zero-order valence-corrected chi connectivity index (χ0v) is 43.3. The van der Waals surface area contributed by atoms with E-state index in [4.69, 9.17) is 28.7 Å². The molecular formula is C54H111O7P. The first kappa shape index (κ1) is 62.0. The molecule has 0 fully saturated rings. The maximum absolute atomic E-state index is 13.3. The van der Waals surface area contributed by atoms with Crippen LogP contribution in [-0.2, 0) is 33.3 Å². The van der Waals surface area contributed by atoms with Crippen LogP contribution in [0.4, 0.5) is 0 Å². The van der Waals surface area contributed by atoms with Crippen molar-refractivity contribution in [2.75, 3.05) is 19.8 Å². The Kier molecular flexibility index (Phi) is 55.3. The lowest BCUT2D eigenvalue weighted by Crippen LogP contribution is -2.06. The molecule has 0 saturated heterocycles. The second-order valence-electron chi connectivity index (χ2n) is 19.0. The highest BCUT2D eigenvalue weighted by Gasteiger charge is 2.32. The molecule has 0 amide bonds. The van der Waals surface area contributed by atoms with Gasteiger partial charge in [0.15, 0.2) is 0 Å². The maximum Gasteiger partial charge on any atom is 0.556 e. The van der Waals surface area contributed by atoms with E-state index in [1.54, 1.807) is 0 Å².